The van der Waals surface area contributed by atoms with Gasteiger partial charge < -0.3 is 4.74 Å². The van der Waals surface area contributed by atoms with Crippen molar-refractivity contribution in [2.24, 2.45) is 0 Å². The molecule has 9 heteroatoms. The van der Waals surface area contributed by atoms with Crippen LogP contribution in [0.5, 0.6) is 0 Å². The molecule has 30 heavy (non-hydrogen) atoms. The molecule has 0 saturated carbocycles. The average Bonchev–Trinajstić information content (AvgIpc) is 3.46. The van der Waals surface area contributed by atoms with Crippen molar-refractivity contribution in [3.63, 3.8) is 0 Å². The van der Waals surface area contributed by atoms with Gasteiger partial charge in [-0.3, -0.25) is 14.6 Å². The summed E-state index contributed by atoms with van der Waals surface area (Å²) in [4.78, 5) is 22.3. The van der Waals surface area contributed by atoms with E-state index in [-0.39, 0.29) is 5.91 Å². The molecule has 0 aliphatic carbocycles. The Kier molecular flexibility index (Phi) is 6.83. The molecule has 3 heterocycles. The van der Waals surface area contributed by atoms with Crippen molar-refractivity contribution in [2.45, 2.75) is 6.42 Å². The molecule has 2 aromatic heterocycles. The number of carbonyl (C=O) groups is 1. The van der Waals surface area contributed by atoms with Gasteiger partial charge in [0.15, 0.2) is 16.8 Å². The first-order valence-corrected chi connectivity index (χ1v) is 11.4. The van der Waals surface area contributed by atoms with Gasteiger partial charge in [0.2, 0.25) is 0 Å². The van der Waals surface area contributed by atoms with E-state index in [9.17, 15) is 13.6 Å². The number of hydrogen-bond acceptors (Lipinski definition) is 6. The largest absolute Gasteiger partial charge is 0.379 e. The maximum atomic E-state index is 13.6. The Labute approximate surface area is 181 Å². The Bertz CT molecular complexity index is 988. The number of amides is 1. The molecule has 3 aromatic rings. The molecule has 1 amide bonds. The monoisotopic (exact) mass is 449 g/mol. The van der Waals surface area contributed by atoms with E-state index in [0.29, 0.717) is 27.8 Å². The number of benzene rings is 1. The van der Waals surface area contributed by atoms with Gasteiger partial charge in [0.05, 0.1) is 23.8 Å². The van der Waals surface area contributed by atoms with Crippen molar-refractivity contribution in [2.75, 3.05) is 44.3 Å². The van der Waals surface area contributed by atoms with Crippen LogP contribution in [0.3, 0.4) is 0 Å². The number of ether oxygens (including phenoxy) is 1. The van der Waals surface area contributed by atoms with E-state index in [4.69, 9.17) is 4.74 Å². The van der Waals surface area contributed by atoms with Gasteiger partial charge in [0, 0.05) is 37.1 Å². The van der Waals surface area contributed by atoms with Crippen LogP contribution >= 0.6 is 22.7 Å². The smallest absolute Gasteiger partial charge is 0.270 e. The molecule has 0 N–H and O–H groups in total. The van der Waals surface area contributed by atoms with E-state index in [1.54, 1.807) is 16.3 Å². The first-order valence-electron chi connectivity index (χ1n) is 9.68. The molecule has 1 saturated heterocycles. The predicted molar refractivity (Wildman–Crippen MR) is 115 cm³/mol. The highest BCUT2D eigenvalue weighted by Crippen LogP contribution is 2.30. The normalized spacial score (nSPS) is 14.7. The number of hydrogen-bond donors (Lipinski definition) is 0. The topological polar surface area (TPSA) is 45.7 Å². The molecular weight excluding hydrogens is 428 g/mol. The fourth-order valence-corrected chi connectivity index (χ4v) is 4.80. The summed E-state index contributed by atoms with van der Waals surface area (Å²) < 4.78 is 32.2. The third kappa shape index (κ3) is 4.92. The Balaban J connectivity index is 1.52. The second kappa shape index (κ2) is 9.74. The lowest BCUT2D eigenvalue weighted by Crippen LogP contribution is -2.39. The molecule has 158 valence electrons. The Morgan fingerprint density at radius 2 is 2.00 bits per heavy atom. The quantitative estimate of drug-likeness (QED) is 0.532. The van der Waals surface area contributed by atoms with Gasteiger partial charge >= 0.3 is 0 Å². The maximum absolute atomic E-state index is 13.6. The maximum Gasteiger partial charge on any atom is 0.270 e. The molecule has 0 radical (unpaired) electrons. The molecule has 1 aliphatic rings. The van der Waals surface area contributed by atoms with Gasteiger partial charge in [-0.05, 0) is 36.1 Å². The number of nitrogens with zero attached hydrogens (tertiary/aromatic N) is 3. The van der Waals surface area contributed by atoms with Crippen molar-refractivity contribution >= 4 is 33.7 Å². The zero-order valence-corrected chi connectivity index (χ0v) is 17.9. The molecule has 0 unspecified atom stereocenters. The number of rotatable bonds is 7. The molecule has 1 aromatic carbocycles. The second-order valence-corrected chi connectivity index (χ2v) is 8.67. The van der Waals surface area contributed by atoms with Gasteiger partial charge in [0.1, 0.15) is 0 Å². The summed E-state index contributed by atoms with van der Waals surface area (Å²) in [5.41, 5.74) is 0.999. The van der Waals surface area contributed by atoms with Gasteiger partial charge in [0.25, 0.3) is 5.91 Å². The fourth-order valence-electron chi connectivity index (χ4n) is 3.27. The molecule has 0 bridgehead atoms. The van der Waals surface area contributed by atoms with Crippen LogP contribution in [-0.4, -0.2) is 55.2 Å². The highest BCUT2D eigenvalue weighted by Gasteiger charge is 2.22. The molecule has 0 spiro atoms. The minimum Gasteiger partial charge on any atom is -0.379 e. The molecule has 0 atom stereocenters. The van der Waals surface area contributed by atoms with E-state index in [1.165, 1.54) is 28.7 Å². The van der Waals surface area contributed by atoms with Crippen LogP contribution in [0, 0.1) is 11.6 Å². The van der Waals surface area contributed by atoms with Crippen LogP contribution in [0.2, 0.25) is 0 Å². The molecule has 4 rings (SSSR count). The van der Waals surface area contributed by atoms with Gasteiger partial charge in [-0.1, -0.05) is 6.07 Å². The fraction of sp³-hybridized carbons (Fsp3) is 0.333. The lowest BCUT2D eigenvalue weighted by molar-refractivity contribution is 0.0376. The van der Waals surface area contributed by atoms with Gasteiger partial charge in [-0.2, -0.15) is 0 Å². The molecule has 1 aliphatic heterocycles. The average molecular weight is 450 g/mol. The van der Waals surface area contributed by atoms with Crippen LogP contribution in [-0.2, 0) is 4.74 Å². The summed E-state index contributed by atoms with van der Waals surface area (Å²) in [5, 5.41) is 4.18. The van der Waals surface area contributed by atoms with E-state index in [0.717, 1.165) is 51.4 Å². The van der Waals surface area contributed by atoms with Crippen molar-refractivity contribution in [1.29, 1.82) is 0 Å². The summed E-state index contributed by atoms with van der Waals surface area (Å²) in [5.74, 6) is -1.91. The number of morpholine rings is 1. The molecular formula is C21H21F2N3O2S2. The van der Waals surface area contributed by atoms with Crippen LogP contribution in [0.25, 0.3) is 11.3 Å². The van der Waals surface area contributed by atoms with E-state index < -0.39 is 11.6 Å². The van der Waals surface area contributed by atoms with E-state index in [1.807, 2.05) is 11.4 Å². The highest BCUT2D eigenvalue weighted by atomic mass is 32.1. The third-order valence-corrected chi connectivity index (χ3v) is 6.60. The van der Waals surface area contributed by atoms with E-state index >= 15 is 0 Å². The Morgan fingerprint density at radius 3 is 2.73 bits per heavy atom. The number of thiophene rings is 1. The number of halogens is 2. The molecule has 5 nitrogen and oxygen atoms in total. The van der Waals surface area contributed by atoms with Crippen LogP contribution in [0.4, 0.5) is 13.9 Å². The summed E-state index contributed by atoms with van der Waals surface area (Å²) in [6, 6.07) is 7.34. The minimum atomic E-state index is -0.918. The standard InChI is InChI=1S/C21H21F2N3O2S2/c22-16-5-4-15(13-17(16)23)18-14-30-21(24-18)26(20(27)19-3-1-12-29-19)7-2-6-25-8-10-28-11-9-25/h1,3-5,12-14H,2,6-11H2. The van der Waals surface area contributed by atoms with Crippen molar-refractivity contribution in [1.82, 2.24) is 9.88 Å². The van der Waals surface area contributed by atoms with Crippen molar-refractivity contribution in [3.05, 3.63) is 57.6 Å². The van der Waals surface area contributed by atoms with Gasteiger partial charge in [-0.15, -0.1) is 22.7 Å². The summed E-state index contributed by atoms with van der Waals surface area (Å²) in [6.45, 7) is 4.68. The zero-order chi connectivity index (χ0) is 20.9. The molecule has 1 fully saturated rings. The first-order chi connectivity index (χ1) is 14.6. The second-order valence-electron chi connectivity index (χ2n) is 6.89. The highest BCUT2D eigenvalue weighted by molar-refractivity contribution is 7.14. The lowest BCUT2D eigenvalue weighted by atomic mass is 10.2. The Morgan fingerprint density at radius 1 is 1.17 bits per heavy atom. The van der Waals surface area contributed by atoms with Crippen LogP contribution < -0.4 is 4.90 Å². The number of anilines is 1. The summed E-state index contributed by atoms with van der Waals surface area (Å²) >= 11 is 2.71. The van der Waals surface area contributed by atoms with Gasteiger partial charge in [-0.25, -0.2) is 13.8 Å². The minimum absolute atomic E-state index is 0.0989. The van der Waals surface area contributed by atoms with Crippen LogP contribution in [0.15, 0.2) is 41.1 Å². The predicted octanol–water partition coefficient (Wildman–Crippen LogP) is 4.52. The summed E-state index contributed by atoms with van der Waals surface area (Å²) in [6.07, 6.45) is 0.803. The number of carbonyl (C=O) groups excluding carboxylic acids is 1. The van der Waals surface area contributed by atoms with Crippen molar-refractivity contribution < 1.29 is 18.3 Å². The summed E-state index contributed by atoms with van der Waals surface area (Å²) in [7, 11) is 0. The van der Waals surface area contributed by atoms with Crippen molar-refractivity contribution in [3.8, 4) is 11.3 Å². The van der Waals surface area contributed by atoms with E-state index in [2.05, 4.69) is 9.88 Å². The first kappa shape index (κ1) is 21.0. The van der Waals surface area contributed by atoms with Crippen LogP contribution in [0.1, 0.15) is 16.1 Å². The lowest BCUT2D eigenvalue weighted by Gasteiger charge is -2.27. The Hall–Kier alpha value is -2.20. The SMILES string of the molecule is O=C(c1cccs1)N(CCCN1CCOCC1)c1nc(-c2ccc(F)c(F)c2)cs1. The zero-order valence-electron chi connectivity index (χ0n) is 16.2. The number of thiazole rings is 1. The number of aromatic nitrogens is 1. The third-order valence-electron chi connectivity index (χ3n) is 4.88.